The molecule has 60 valence electrons. The molecule has 0 aliphatic rings. The summed E-state index contributed by atoms with van der Waals surface area (Å²) < 4.78 is 0. The van der Waals surface area contributed by atoms with Crippen molar-refractivity contribution in [2.24, 2.45) is 0 Å². The Bertz CT molecular complexity index is 170. The van der Waals surface area contributed by atoms with Crippen molar-refractivity contribution in [2.75, 3.05) is 6.61 Å². The van der Waals surface area contributed by atoms with E-state index in [4.69, 9.17) is 10.4 Å². The fraction of sp³-hybridized carbons (Fsp3) is 0.667. The predicted octanol–water partition coefficient (Wildman–Crippen LogP) is 1.46. The molecule has 0 spiro atoms. The lowest BCUT2D eigenvalue weighted by atomic mass is 10.2. The highest BCUT2D eigenvalue weighted by Crippen LogP contribution is 1.91. The van der Waals surface area contributed by atoms with Gasteiger partial charge in [-0.25, -0.2) is 0 Å². The molecule has 0 saturated heterocycles. The van der Waals surface area contributed by atoms with E-state index in [9.17, 15) is 0 Å². The molecule has 1 N–H and O–H groups in total. The third-order valence-corrected chi connectivity index (χ3v) is 1.18. The van der Waals surface area contributed by atoms with Gasteiger partial charge in [-0.1, -0.05) is 0 Å². The second kappa shape index (κ2) is 9.01. The topological polar surface area (TPSA) is 44.0 Å². The van der Waals surface area contributed by atoms with Gasteiger partial charge in [0.2, 0.25) is 0 Å². The number of rotatable bonds is 4. The Balaban J connectivity index is 3.07. The highest BCUT2D eigenvalue weighted by molar-refractivity contribution is 4.98. The van der Waals surface area contributed by atoms with E-state index < -0.39 is 0 Å². The minimum absolute atomic E-state index is 0.215. The molecule has 0 fully saturated rings. The first-order valence-electron chi connectivity index (χ1n) is 3.85. The van der Waals surface area contributed by atoms with E-state index in [0.29, 0.717) is 6.42 Å². The van der Waals surface area contributed by atoms with E-state index in [1.54, 1.807) is 0 Å². The average molecular weight is 151 g/mol. The van der Waals surface area contributed by atoms with Crippen LogP contribution in [-0.2, 0) is 0 Å². The lowest BCUT2D eigenvalue weighted by Gasteiger charge is -1.84. The number of hydrogen-bond acceptors (Lipinski definition) is 2. The maximum Gasteiger partial charge on any atom is 0.0622 e. The molecule has 0 heterocycles. The molecule has 2 nitrogen and oxygen atoms in total. The predicted molar refractivity (Wildman–Crippen MR) is 43.6 cm³/mol. The molecule has 0 aromatic heterocycles. The van der Waals surface area contributed by atoms with E-state index in [2.05, 4.69) is 17.9 Å². The first-order chi connectivity index (χ1) is 5.41. The van der Waals surface area contributed by atoms with Crippen molar-refractivity contribution in [2.45, 2.75) is 32.1 Å². The van der Waals surface area contributed by atoms with Gasteiger partial charge in [0.25, 0.3) is 0 Å². The van der Waals surface area contributed by atoms with Crippen molar-refractivity contribution in [3.8, 4) is 17.9 Å². The Labute approximate surface area is 67.8 Å². The molecule has 11 heavy (non-hydrogen) atoms. The van der Waals surface area contributed by atoms with Gasteiger partial charge in [0.05, 0.1) is 6.07 Å². The van der Waals surface area contributed by atoms with Crippen LogP contribution in [0.4, 0.5) is 0 Å². The first kappa shape index (κ1) is 10.0. The molecule has 0 unspecified atom stereocenters. The van der Waals surface area contributed by atoms with Crippen LogP contribution in [0.2, 0.25) is 0 Å². The lowest BCUT2D eigenvalue weighted by molar-refractivity contribution is 0.290. The molecule has 0 radical (unpaired) electrons. The molecule has 0 rings (SSSR count). The molecule has 0 amide bonds. The zero-order chi connectivity index (χ0) is 8.36. The fourth-order valence-electron chi connectivity index (χ4n) is 0.600. The summed E-state index contributed by atoms with van der Waals surface area (Å²) in [6.45, 7) is 0.215. The maximum absolute atomic E-state index is 8.40. The van der Waals surface area contributed by atoms with E-state index in [1.807, 2.05) is 0 Å². The molecule has 0 aliphatic carbocycles. The first-order valence-corrected chi connectivity index (χ1v) is 3.85. The molecule has 2 heteroatoms. The normalized spacial score (nSPS) is 8.00. The zero-order valence-electron chi connectivity index (χ0n) is 6.64. The molecular formula is C9H13NO. The Morgan fingerprint density at radius 1 is 1.00 bits per heavy atom. The number of aliphatic hydroxyl groups is 1. The van der Waals surface area contributed by atoms with E-state index in [1.165, 1.54) is 0 Å². The van der Waals surface area contributed by atoms with Gasteiger partial charge in [-0.2, -0.15) is 5.26 Å². The molecule has 0 aromatic rings. The summed E-state index contributed by atoms with van der Waals surface area (Å²) in [6, 6.07) is 2.06. The maximum atomic E-state index is 8.40. The van der Waals surface area contributed by atoms with Crippen LogP contribution < -0.4 is 0 Å². The number of nitriles is 1. The van der Waals surface area contributed by atoms with Crippen LogP contribution in [0, 0.1) is 23.2 Å². The lowest BCUT2D eigenvalue weighted by Crippen LogP contribution is -1.78. The van der Waals surface area contributed by atoms with Crippen LogP contribution in [0.5, 0.6) is 0 Å². The van der Waals surface area contributed by atoms with Gasteiger partial charge in [-0.05, 0) is 12.8 Å². The highest BCUT2D eigenvalue weighted by atomic mass is 16.2. The minimum atomic E-state index is 0.215. The molecule has 0 saturated carbocycles. The van der Waals surface area contributed by atoms with Crippen LogP contribution in [-0.4, -0.2) is 11.7 Å². The molecule has 0 aromatic carbocycles. The third-order valence-electron chi connectivity index (χ3n) is 1.18. The molecular weight excluding hydrogens is 138 g/mol. The fourth-order valence-corrected chi connectivity index (χ4v) is 0.600. The summed E-state index contributed by atoms with van der Waals surface area (Å²) in [7, 11) is 0. The second-order valence-electron chi connectivity index (χ2n) is 2.19. The summed E-state index contributed by atoms with van der Waals surface area (Å²) >= 11 is 0. The van der Waals surface area contributed by atoms with E-state index in [-0.39, 0.29) is 6.61 Å². The van der Waals surface area contributed by atoms with Crippen LogP contribution >= 0.6 is 0 Å². The van der Waals surface area contributed by atoms with Crippen molar-refractivity contribution >= 4 is 0 Å². The SMILES string of the molecule is N#CCCCC#CCCCO. The van der Waals surface area contributed by atoms with Gasteiger partial charge >= 0.3 is 0 Å². The molecule has 0 bridgehead atoms. The van der Waals surface area contributed by atoms with Gasteiger partial charge < -0.3 is 5.11 Å². The third kappa shape index (κ3) is 9.01. The summed E-state index contributed by atoms with van der Waals surface area (Å²) in [5.41, 5.74) is 0. The van der Waals surface area contributed by atoms with Crippen molar-refractivity contribution in [3.63, 3.8) is 0 Å². The van der Waals surface area contributed by atoms with E-state index in [0.717, 1.165) is 25.7 Å². The summed E-state index contributed by atoms with van der Waals surface area (Å²) in [6.07, 6.45) is 3.78. The van der Waals surface area contributed by atoms with Gasteiger partial charge in [0.15, 0.2) is 0 Å². The zero-order valence-corrected chi connectivity index (χ0v) is 6.64. The van der Waals surface area contributed by atoms with Gasteiger partial charge in [0.1, 0.15) is 0 Å². The summed E-state index contributed by atoms with van der Waals surface area (Å²) in [5.74, 6) is 5.87. The van der Waals surface area contributed by atoms with Crippen LogP contribution in [0.15, 0.2) is 0 Å². The quantitative estimate of drug-likeness (QED) is 0.488. The standard InChI is InChI=1S/C9H13NO/c10-8-6-4-2-1-3-5-7-9-11/h11H,2,4-7,9H2. The molecule has 0 aliphatic heterocycles. The average Bonchev–Trinajstić information content (AvgIpc) is 2.03. The van der Waals surface area contributed by atoms with Gasteiger partial charge in [0, 0.05) is 25.9 Å². The van der Waals surface area contributed by atoms with Crippen LogP contribution in [0.25, 0.3) is 0 Å². The number of aliphatic hydroxyl groups excluding tert-OH is 1. The Hall–Kier alpha value is -0.990. The minimum Gasteiger partial charge on any atom is -0.396 e. The summed E-state index contributed by atoms with van der Waals surface area (Å²) in [5, 5.41) is 16.6. The van der Waals surface area contributed by atoms with Gasteiger partial charge in [-0.3, -0.25) is 0 Å². The number of unbranched alkanes of at least 4 members (excludes halogenated alkanes) is 3. The van der Waals surface area contributed by atoms with Crippen LogP contribution in [0.1, 0.15) is 32.1 Å². The van der Waals surface area contributed by atoms with Gasteiger partial charge in [-0.15, -0.1) is 11.8 Å². The monoisotopic (exact) mass is 151 g/mol. The largest absolute Gasteiger partial charge is 0.396 e. The van der Waals surface area contributed by atoms with Crippen LogP contribution in [0.3, 0.4) is 0 Å². The smallest absolute Gasteiger partial charge is 0.0622 e. The second-order valence-corrected chi connectivity index (χ2v) is 2.19. The van der Waals surface area contributed by atoms with Crippen molar-refractivity contribution in [1.82, 2.24) is 0 Å². The Morgan fingerprint density at radius 2 is 1.64 bits per heavy atom. The Kier molecular flexibility index (Phi) is 8.20. The Morgan fingerprint density at radius 3 is 2.18 bits per heavy atom. The van der Waals surface area contributed by atoms with Crippen molar-refractivity contribution in [3.05, 3.63) is 0 Å². The van der Waals surface area contributed by atoms with Crippen molar-refractivity contribution < 1.29 is 5.11 Å². The molecule has 0 atom stereocenters. The summed E-state index contributed by atoms with van der Waals surface area (Å²) in [4.78, 5) is 0. The number of nitrogens with zero attached hydrogens (tertiary/aromatic N) is 1. The number of hydrogen-bond donors (Lipinski definition) is 1. The van der Waals surface area contributed by atoms with Crippen molar-refractivity contribution in [1.29, 1.82) is 5.26 Å². The van der Waals surface area contributed by atoms with E-state index >= 15 is 0 Å². The highest BCUT2D eigenvalue weighted by Gasteiger charge is 1.80.